The molecule has 0 amide bonds. The topological polar surface area (TPSA) is 35.8 Å². The van der Waals surface area contributed by atoms with Gasteiger partial charge in [-0.25, -0.2) is 4.52 Å². The standard InChI is InChI=1S/C43H32N2O2/c1-46-39-27-36-26-38(31-18-10-5-11-19-31)45-43(37(36)28-40(39)47-2)41(34-22-12-20-32(24-34)29-14-6-3-7-15-29)42(44-45)35-23-13-21-33(25-35)30-16-8-4-9-17-30/h3-28H,1-2H3. The average Bonchev–Trinajstić information content (AvgIpc) is 3.56. The number of hydrogen-bond acceptors (Lipinski definition) is 3. The molecule has 0 unspecified atom stereocenters. The van der Waals surface area contributed by atoms with Gasteiger partial charge in [0.2, 0.25) is 0 Å². The molecule has 47 heavy (non-hydrogen) atoms. The molecule has 8 aromatic rings. The minimum atomic E-state index is 0.673. The van der Waals surface area contributed by atoms with Crippen molar-refractivity contribution in [1.29, 1.82) is 0 Å². The Labute approximate surface area is 274 Å². The van der Waals surface area contributed by atoms with Crippen molar-refractivity contribution in [3.05, 3.63) is 158 Å². The molecule has 226 valence electrons. The number of aromatic nitrogens is 2. The highest BCUT2D eigenvalue weighted by molar-refractivity contribution is 6.10. The zero-order valence-corrected chi connectivity index (χ0v) is 26.2. The molecule has 0 bridgehead atoms. The Morgan fingerprint density at radius 1 is 0.447 bits per heavy atom. The minimum Gasteiger partial charge on any atom is -0.493 e. The molecular formula is C43H32N2O2. The van der Waals surface area contributed by atoms with Crippen molar-refractivity contribution in [3.8, 4) is 67.4 Å². The quantitative estimate of drug-likeness (QED) is 0.181. The monoisotopic (exact) mass is 608 g/mol. The van der Waals surface area contributed by atoms with Crippen LogP contribution in [0.3, 0.4) is 0 Å². The summed E-state index contributed by atoms with van der Waals surface area (Å²) in [6.45, 7) is 0. The number of methoxy groups -OCH3 is 2. The Balaban J connectivity index is 1.50. The van der Waals surface area contributed by atoms with Crippen LogP contribution in [0.15, 0.2) is 158 Å². The van der Waals surface area contributed by atoms with Crippen LogP contribution in [-0.2, 0) is 0 Å². The molecule has 8 rings (SSSR count). The molecule has 0 aliphatic rings. The Kier molecular flexibility index (Phi) is 7.23. The SMILES string of the molecule is COc1cc2cc(-c3ccccc3)n3nc(-c4cccc(-c5ccccc5)c4)c(-c4cccc(-c5ccccc5)c4)c3c2cc1OC. The molecule has 0 N–H and O–H groups in total. The third-order valence-electron chi connectivity index (χ3n) is 8.79. The minimum absolute atomic E-state index is 0.673. The molecule has 2 heterocycles. The van der Waals surface area contributed by atoms with Gasteiger partial charge in [-0.05, 0) is 63.5 Å². The van der Waals surface area contributed by atoms with Crippen LogP contribution in [-0.4, -0.2) is 23.8 Å². The van der Waals surface area contributed by atoms with Gasteiger partial charge in [-0.3, -0.25) is 0 Å². The fraction of sp³-hybridized carbons (Fsp3) is 0.0465. The van der Waals surface area contributed by atoms with E-state index in [1.165, 1.54) is 5.56 Å². The van der Waals surface area contributed by atoms with Gasteiger partial charge in [0.25, 0.3) is 0 Å². The fourth-order valence-electron chi connectivity index (χ4n) is 6.52. The highest BCUT2D eigenvalue weighted by Gasteiger charge is 2.23. The van der Waals surface area contributed by atoms with Gasteiger partial charge < -0.3 is 9.47 Å². The Bertz CT molecular complexity index is 2360. The summed E-state index contributed by atoms with van der Waals surface area (Å²) in [5.41, 5.74) is 11.8. The summed E-state index contributed by atoms with van der Waals surface area (Å²) < 4.78 is 13.7. The first-order chi connectivity index (χ1) is 23.2. The number of fused-ring (bicyclic) bond motifs is 3. The number of ether oxygens (including phenoxy) is 2. The molecule has 0 aliphatic carbocycles. The van der Waals surface area contributed by atoms with E-state index in [-0.39, 0.29) is 0 Å². The summed E-state index contributed by atoms with van der Waals surface area (Å²) in [4.78, 5) is 0. The van der Waals surface area contributed by atoms with E-state index in [2.05, 4.69) is 150 Å². The van der Waals surface area contributed by atoms with Crippen LogP contribution in [0.1, 0.15) is 0 Å². The lowest BCUT2D eigenvalue weighted by Gasteiger charge is -2.14. The van der Waals surface area contributed by atoms with E-state index in [0.29, 0.717) is 11.5 Å². The Morgan fingerprint density at radius 3 is 1.53 bits per heavy atom. The zero-order chi connectivity index (χ0) is 31.7. The second kappa shape index (κ2) is 12.0. The zero-order valence-electron chi connectivity index (χ0n) is 26.2. The molecular weight excluding hydrogens is 576 g/mol. The molecule has 0 fully saturated rings. The van der Waals surface area contributed by atoms with Crippen molar-refractivity contribution in [3.63, 3.8) is 0 Å². The molecule has 6 aromatic carbocycles. The van der Waals surface area contributed by atoms with Crippen molar-refractivity contribution in [2.45, 2.75) is 0 Å². The molecule has 0 radical (unpaired) electrons. The van der Waals surface area contributed by atoms with E-state index in [1.54, 1.807) is 14.2 Å². The molecule has 0 atom stereocenters. The van der Waals surface area contributed by atoms with E-state index in [0.717, 1.165) is 66.6 Å². The maximum Gasteiger partial charge on any atom is 0.161 e. The van der Waals surface area contributed by atoms with Gasteiger partial charge in [0.1, 0.15) is 5.69 Å². The Morgan fingerprint density at radius 2 is 0.936 bits per heavy atom. The lowest BCUT2D eigenvalue weighted by atomic mass is 9.93. The van der Waals surface area contributed by atoms with Crippen LogP contribution in [0.2, 0.25) is 0 Å². The number of nitrogens with zero attached hydrogens (tertiary/aromatic N) is 2. The summed E-state index contributed by atoms with van der Waals surface area (Å²) in [5, 5.41) is 7.53. The summed E-state index contributed by atoms with van der Waals surface area (Å²) in [6, 6.07) is 55.2. The van der Waals surface area contributed by atoms with E-state index in [4.69, 9.17) is 14.6 Å². The van der Waals surface area contributed by atoms with E-state index in [1.807, 2.05) is 12.1 Å². The van der Waals surface area contributed by atoms with Crippen LogP contribution >= 0.6 is 0 Å². The molecule has 4 heteroatoms. The number of hydrogen-bond donors (Lipinski definition) is 0. The maximum atomic E-state index is 5.83. The van der Waals surface area contributed by atoms with Crippen LogP contribution in [0.4, 0.5) is 0 Å². The van der Waals surface area contributed by atoms with Crippen LogP contribution in [0.25, 0.3) is 72.2 Å². The second-order valence-electron chi connectivity index (χ2n) is 11.6. The largest absolute Gasteiger partial charge is 0.493 e. The van der Waals surface area contributed by atoms with Crippen molar-refractivity contribution in [2.75, 3.05) is 14.2 Å². The molecule has 2 aromatic heterocycles. The first-order valence-electron chi connectivity index (χ1n) is 15.7. The third kappa shape index (κ3) is 5.10. The average molecular weight is 609 g/mol. The third-order valence-corrected chi connectivity index (χ3v) is 8.79. The van der Waals surface area contributed by atoms with Crippen molar-refractivity contribution in [1.82, 2.24) is 9.61 Å². The molecule has 4 nitrogen and oxygen atoms in total. The molecule has 0 saturated carbocycles. The highest BCUT2D eigenvalue weighted by Crippen LogP contribution is 2.44. The summed E-state index contributed by atoms with van der Waals surface area (Å²) in [5.74, 6) is 1.36. The van der Waals surface area contributed by atoms with Gasteiger partial charge in [-0.1, -0.05) is 127 Å². The van der Waals surface area contributed by atoms with E-state index >= 15 is 0 Å². The molecule has 0 aliphatic heterocycles. The lowest BCUT2D eigenvalue weighted by Crippen LogP contribution is -1.97. The van der Waals surface area contributed by atoms with Crippen molar-refractivity contribution < 1.29 is 9.47 Å². The summed E-state index contributed by atoms with van der Waals surface area (Å²) in [6.07, 6.45) is 0. The fourth-order valence-corrected chi connectivity index (χ4v) is 6.52. The first kappa shape index (κ1) is 28.4. The van der Waals surface area contributed by atoms with Crippen molar-refractivity contribution in [2.24, 2.45) is 0 Å². The van der Waals surface area contributed by atoms with Crippen LogP contribution in [0, 0.1) is 0 Å². The Hall–Kier alpha value is -6.13. The normalized spacial score (nSPS) is 11.2. The van der Waals surface area contributed by atoms with Gasteiger partial charge in [0.05, 0.1) is 25.4 Å². The van der Waals surface area contributed by atoms with Crippen molar-refractivity contribution >= 4 is 16.3 Å². The molecule has 0 spiro atoms. The lowest BCUT2D eigenvalue weighted by molar-refractivity contribution is 0.356. The van der Waals surface area contributed by atoms with Gasteiger partial charge in [-0.15, -0.1) is 0 Å². The maximum absolute atomic E-state index is 5.83. The predicted octanol–water partition coefficient (Wildman–Crippen LogP) is 10.8. The van der Waals surface area contributed by atoms with Crippen LogP contribution in [0.5, 0.6) is 11.5 Å². The summed E-state index contributed by atoms with van der Waals surface area (Å²) >= 11 is 0. The van der Waals surface area contributed by atoms with E-state index in [9.17, 15) is 0 Å². The summed E-state index contributed by atoms with van der Waals surface area (Å²) in [7, 11) is 3.36. The first-order valence-corrected chi connectivity index (χ1v) is 15.7. The predicted molar refractivity (Wildman–Crippen MR) is 193 cm³/mol. The highest BCUT2D eigenvalue weighted by atomic mass is 16.5. The number of benzene rings is 6. The number of rotatable bonds is 7. The van der Waals surface area contributed by atoms with E-state index < -0.39 is 0 Å². The second-order valence-corrected chi connectivity index (χ2v) is 11.6. The van der Waals surface area contributed by atoms with Crippen LogP contribution < -0.4 is 9.47 Å². The van der Waals surface area contributed by atoms with Gasteiger partial charge in [0, 0.05) is 22.1 Å². The molecule has 0 saturated heterocycles. The van der Waals surface area contributed by atoms with Gasteiger partial charge in [-0.2, -0.15) is 5.10 Å². The number of pyridine rings is 1. The smallest absolute Gasteiger partial charge is 0.161 e. The van der Waals surface area contributed by atoms with Gasteiger partial charge >= 0.3 is 0 Å². The van der Waals surface area contributed by atoms with Gasteiger partial charge in [0.15, 0.2) is 11.5 Å².